The van der Waals surface area contributed by atoms with Crippen molar-refractivity contribution in [1.29, 1.82) is 5.26 Å². The first-order valence-corrected chi connectivity index (χ1v) is 4.64. The summed E-state index contributed by atoms with van der Waals surface area (Å²) >= 11 is 1.29. The van der Waals surface area contributed by atoms with E-state index in [1.165, 1.54) is 11.3 Å². The van der Waals surface area contributed by atoms with E-state index in [1.807, 2.05) is 6.07 Å². The van der Waals surface area contributed by atoms with Crippen molar-refractivity contribution in [1.82, 2.24) is 4.98 Å². The van der Waals surface area contributed by atoms with Gasteiger partial charge in [-0.25, -0.2) is 9.78 Å². The first-order valence-electron chi connectivity index (χ1n) is 3.76. The Morgan fingerprint density at radius 2 is 2.50 bits per heavy atom. The summed E-state index contributed by atoms with van der Waals surface area (Å²) in [7, 11) is 0. The molecule has 1 rings (SSSR count). The van der Waals surface area contributed by atoms with Crippen molar-refractivity contribution < 1.29 is 26.5 Å². The van der Waals surface area contributed by atoms with Gasteiger partial charge in [0, 0.05) is 5.38 Å². The minimum atomic E-state index is -0.428. The fourth-order valence-electron chi connectivity index (χ4n) is 0.759. The van der Waals surface area contributed by atoms with Gasteiger partial charge in [0.25, 0.3) is 0 Å². The molecule has 76 valence electrons. The van der Waals surface area contributed by atoms with Crippen molar-refractivity contribution in [3.63, 3.8) is 0 Å². The van der Waals surface area contributed by atoms with Crippen LogP contribution in [-0.4, -0.2) is 17.6 Å². The monoisotopic (exact) mass is 275 g/mol. The Hall–Kier alpha value is -0.930. The predicted octanol–water partition coefficient (Wildman–Crippen LogP) is -1.61. The number of hydrogen-bond acceptors (Lipinski definition) is 5. The van der Waals surface area contributed by atoms with Gasteiger partial charge in [-0.2, -0.15) is 5.26 Å². The van der Waals surface area contributed by atoms with Crippen LogP contribution in [0.15, 0.2) is 5.38 Å². The molecule has 0 amide bonds. The number of thiazole rings is 1. The van der Waals surface area contributed by atoms with Crippen molar-refractivity contribution in [3.8, 4) is 6.07 Å². The molecule has 0 aliphatic carbocycles. The zero-order valence-electron chi connectivity index (χ0n) is 7.49. The van der Waals surface area contributed by atoms with Crippen molar-refractivity contribution in [2.24, 2.45) is 0 Å². The molecule has 0 aliphatic rings. The highest BCUT2D eigenvalue weighted by Gasteiger charge is 2.10. The number of rotatable bonds is 3. The van der Waals surface area contributed by atoms with Crippen LogP contribution in [-0.2, 0) is 11.2 Å². The second kappa shape index (κ2) is 6.51. The molecule has 14 heavy (non-hydrogen) atoms. The van der Waals surface area contributed by atoms with Crippen LogP contribution < -0.4 is 17.0 Å². The number of aromatic nitrogens is 1. The average molecular weight is 276 g/mol. The van der Waals surface area contributed by atoms with Crippen LogP contribution in [0.5, 0.6) is 0 Å². The quantitative estimate of drug-likeness (QED) is 0.623. The van der Waals surface area contributed by atoms with Gasteiger partial charge in [-0.15, -0.1) is 11.3 Å². The van der Waals surface area contributed by atoms with Crippen LogP contribution in [0.1, 0.15) is 22.4 Å². The summed E-state index contributed by atoms with van der Waals surface area (Å²) in [5.74, 6) is -0.428. The summed E-state index contributed by atoms with van der Waals surface area (Å²) in [5, 5.41) is 10.6. The lowest BCUT2D eigenvalue weighted by Crippen LogP contribution is -3.00. The Morgan fingerprint density at radius 1 is 1.79 bits per heavy atom. The maximum Gasteiger partial charge on any atom is 0.357 e. The summed E-state index contributed by atoms with van der Waals surface area (Å²) in [6, 6.07) is 1.96. The third-order valence-electron chi connectivity index (χ3n) is 1.27. The van der Waals surface area contributed by atoms with Gasteiger partial charge in [-0.3, -0.25) is 0 Å². The smallest absolute Gasteiger partial charge is 0.357 e. The highest BCUT2D eigenvalue weighted by molar-refractivity contribution is 7.09. The predicted molar refractivity (Wildman–Crippen MR) is 47.4 cm³/mol. The van der Waals surface area contributed by atoms with Gasteiger partial charge in [0.15, 0.2) is 5.69 Å². The minimum Gasteiger partial charge on any atom is -1.00 e. The van der Waals surface area contributed by atoms with E-state index in [-0.39, 0.29) is 29.1 Å². The Bertz CT molecular complexity index is 345. The molecule has 6 heteroatoms. The number of halogens is 1. The van der Waals surface area contributed by atoms with E-state index < -0.39 is 5.97 Å². The topological polar surface area (TPSA) is 63.0 Å². The molecule has 0 atom stereocenters. The molecule has 1 heterocycles. The first kappa shape index (κ1) is 13.1. The fourth-order valence-corrected chi connectivity index (χ4v) is 1.45. The van der Waals surface area contributed by atoms with E-state index in [0.717, 1.165) is 0 Å². The van der Waals surface area contributed by atoms with Crippen LogP contribution in [0, 0.1) is 11.3 Å². The van der Waals surface area contributed by atoms with Gasteiger partial charge in [0.1, 0.15) is 5.01 Å². The zero-order chi connectivity index (χ0) is 9.68. The van der Waals surface area contributed by atoms with Gasteiger partial charge in [0.2, 0.25) is 0 Å². The van der Waals surface area contributed by atoms with Gasteiger partial charge in [-0.1, -0.05) is 0 Å². The van der Waals surface area contributed by atoms with Crippen LogP contribution >= 0.6 is 11.3 Å². The van der Waals surface area contributed by atoms with Crippen molar-refractivity contribution in [2.75, 3.05) is 6.61 Å². The summed E-state index contributed by atoms with van der Waals surface area (Å²) in [6.45, 7) is 2.07. The van der Waals surface area contributed by atoms with Crippen molar-refractivity contribution in [3.05, 3.63) is 16.1 Å². The molecule has 0 spiro atoms. The summed E-state index contributed by atoms with van der Waals surface area (Å²) in [5.41, 5.74) is 0.289. The largest absolute Gasteiger partial charge is 1.00 e. The molecule has 1 aromatic heterocycles. The number of esters is 1. The van der Waals surface area contributed by atoms with Crippen LogP contribution in [0.4, 0.5) is 0 Å². The van der Waals surface area contributed by atoms with E-state index in [1.54, 1.807) is 12.3 Å². The summed E-state index contributed by atoms with van der Waals surface area (Å²) in [4.78, 5) is 15.0. The molecule has 1 aromatic rings. The Morgan fingerprint density at radius 3 is 3.07 bits per heavy atom. The number of nitriles is 1. The highest BCUT2D eigenvalue weighted by Crippen LogP contribution is 2.10. The number of carbonyl (C=O) groups excluding carboxylic acids is 1. The van der Waals surface area contributed by atoms with Gasteiger partial charge in [0.05, 0.1) is 19.1 Å². The molecule has 0 unspecified atom stereocenters. The van der Waals surface area contributed by atoms with Crippen LogP contribution in [0.2, 0.25) is 0 Å². The lowest BCUT2D eigenvalue weighted by molar-refractivity contribution is -0.0000208. The van der Waals surface area contributed by atoms with E-state index in [4.69, 9.17) is 10.00 Å². The summed E-state index contributed by atoms with van der Waals surface area (Å²) < 4.78 is 4.74. The molecule has 0 bridgehead atoms. The number of ether oxygens (including phenoxy) is 1. The van der Waals surface area contributed by atoms with Crippen LogP contribution in [0.3, 0.4) is 0 Å². The maximum atomic E-state index is 11.1. The Labute approximate surface area is 96.3 Å². The Balaban J connectivity index is 0.00000169. The van der Waals surface area contributed by atoms with E-state index in [9.17, 15) is 4.79 Å². The third kappa shape index (κ3) is 3.44. The SMILES string of the molecule is CCOC(=O)c1csc(CC#N)n1.[Br-]. The van der Waals surface area contributed by atoms with Gasteiger partial charge < -0.3 is 21.7 Å². The third-order valence-corrected chi connectivity index (χ3v) is 2.12. The van der Waals surface area contributed by atoms with Crippen molar-refractivity contribution in [2.45, 2.75) is 13.3 Å². The normalized spacial score (nSPS) is 8.57. The molecule has 0 radical (unpaired) electrons. The van der Waals surface area contributed by atoms with E-state index in [0.29, 0.717) is 11.6 Å². The lowest BCUT2D eigenvalue weighted by atomic mass is 10.4. The standard InChI is InChI=1S/C8H8N2O2S.BrH/c1-2-12-8(11)6-5-13-7(10-6)3-4-9;/h5H,2-3H2,1H3;1H/p-1. The fraction of sp³-hybridized carbons (Fsp3) is 0.375. The van der Waals surface area contributed by atoms with Crippen LogP contribution in [0.25, 0.3) is 0 Å². The Kier molecular flexibility index (Phi) is 6.08. The number of carbonyl (C=O) groups is 1. The molecular formula is C8H8BrN2O2S-. The molecule has 4 nitrogen and oxygen atoms in total. The second-order valence-electron chi connectivity index (χ2n) is 2.18. The van der Waals surface area contributed by atoms with Crippen molar-refractivity contribution >= 4 is 17.3 Å². The van der Waals surface area contributed by atoms with E-state index in [2.05, 4.69) is 4.98 Å². The molecule has 0 N–H and O–H groups in total. The summed E-state index contributed by atoms with van der Waals surface area (Å²) in [6.07, 6.45) is 0.240. The molecule has 0 fully saturated rings. The zero-order valence-corrected chi connectivity index (χ0v) is 9.89. The lowest BCUT2D eigenvalue weighted by Gasteiger charge is -1.95. The molecular weight excluding hydrogens is 268 g/mol. The van der Waals surface area contributed by atoms with Gasteiger partial charge in [-0.05, 0) is 6.92 Å². The van der Waals surface area contributed by atoms with E-state index >= 15 is 0 Å². The molecule has 0 aromatic carbocycles. The number of hydrogen-bond donors (Lipinski definition) is 0. The minimum absolute atomic E-state index is 0. The van der Waals surface area contributed by atoms with Gasteiger partial charge >= 0.3 is 5.97 Å². The maximum absolute atomic E-state index is 11.1. The molecule has 0 saturated heterocycles. The molecule has 0 saturated carbocycles. The second-order valence-corrected chi connectivity index (χ2v) is 3.12. The first-order chi connectivity index (χ1) is 6.27. The molecule has 0 aliphatic heterocycles. The average Bonchev–Trinajstić information content (AvgIpc) is 2.54. The highest BCUT2D eigenvalue weighted by atomic mass is 79.9. The number of nitrogens with zero attached hydrogens (tertiary/aromatic N) is 2.